The highest BCUT2D eigenvalue weighted by atomic mass is 32.2. The molecule has 5 rings (SSSR count). The Morgan fingerprint density at radius 1 is 0.975 bits per heavy atom. The van der Waals surface area contributed by atoms with Crippen molar-refractivity contribution >= 4 is 15.7 Å². The monoisotopic (exact) mass is 564 g/mol. The number of ether oxygens (including phenoxy) is 1. The van der Waals surface area contributed by atoms with Gasteiger partial charge in [0.2, 0.25) is 0 Å². The molecule has 0 N–H and O–H groups in total. The Kier molecular flexibility index (Phi) is 6.69. The third kappa shape index (κ3) is 5.60. The topological polar surface area (TPSA) is 91.6 Å². The molecule has 2 aromatic heterocycles. The molecule has 0 spiro atoms. The Bertz CT molecular complexity index is 1870. The van der Waals surface area contributed by atoms with E-state index < -0.39 is 16.2 Å². The van der Waals surface area contributed by atoms with Crippen molar-refractivity contribution in [3.63, 3.8) is 0 Å². The number of aryl methyl sites for hydroxylation is 1. The number of aromatic nitrogens is 3. The molecule has 0 aliphatic rings. The second-order valence-corrected chi connectivity index (χ2v) is 10.8. The smallest absolute Gasteiger partial charge is 0.440 e. The molecule has 0 aliphatic carbocycles. The van der Waals surface area contributed by atoms with Crippen LogP contribution < -0.4 is 4.74 Å². The lowest BCUT2D eigenvalue weighted by Gasteiger charge is -2.12. The zero-order chi connectivity index (χ0) is 28.7. The first-order valence-corrected chi connectivity index (χ1v) is 13.5. The van der Waals surface area contributed by atoms with E-state index in [4.69, 9.17) is 11.0 Å². The van der Waals surface area contributed by atoms with Gasteiger partial charge in [0.1, 0.15) is 11.4 Å². The normalized spacial score (nSPS) is 11.8. The van der Waals surface area contributed by atoms with Crippen LogP contribution in [-0.4, -0.2) is 35.8 Å². The Morgan fingerprint density at radius 2 is 1.68 bits per heavy atom. The third-order valence-electron chi connectivity index (χ3n) is 5.87. The van der Waals surface area contributed by atoms with Gasteiger partial charge in [0.25, 0.3) is 5.82 Å². The molecule has 0 saturated carbocycles. The van der Waals surface area contributed by atoms with E-state index >= 15 is 0 Å². The minimum Gasteiger partial charge on any atom is -0.440 e. The van der Waals surface area contributed by atoms with Crippen LogP contribution in [0.15, 0.2) is 88.3 Å². The van der Waals surface area contributed by atoms with Crippen molar-refractivity contribution in [2.24, 2.45) is 0 Å². The van der Waals surface area contributed by atoms with Gasteiger partial charge in [-0.2, -0.15) is 4.68 Å². The van der Waals surface area contributed by atoms with Crippen LogP contribution in [0.5, 0.6) is 5.75 Å². The number of oxazole rings is 1. The van der Waals surface area contributed by atoms with Gasteiger partial charge in [-0.3, -0.25) is 0 Å². The molecule has 12 heteroatoms. The Hall–Kier alpha value is -4.89. The maximum Gasteiger partial charge on any atom is 0.573 e. The van der Waals surface area contributed by atoms with Crippen LogP contribution in [0, 0.1) is 13.5 Å². The summed E-state index contributed by atoms with van der Waals surface area (Å²) in [6.45, 7) is 8.90. The molecule has 0 fully saturated rings. The largest absolute Gasteiger partial charge is 0.573 e. The Labute approximate surface area is 227 Å². The SMILES string of the molecule is [C-]#[N+]c1ccn(-c2ccc(-c3cccc(S(C)(=O)=O)c3)cc2-c2oc(C)nc2-c2ccc(OC(F)(F)F)cc2)n1. The van der Waals surface area contributed by atoms with Crippen molar-refractivity contribution in [3.05, 3.63) is 96.3 Å². The lowest BCUT2D eigenvalue weighted by molar-refractivity contribution is -0.274. The fourth-order valence-corrected chi connectivity index (χ4v) is 4.80. The highest BCUT2D eigenvalue weighted by molar-refractivity contribution is 7.90. The van der Waals surface area contributed by atoms with Gasteiger partial charge in [-0.1, -0.05) is 24.8 Å². The van der Waals surface area contributed by atoms with E-state index in [1.807, 2.05) is 0 Å². The van der Waals surface area contributed by atoms with E-state index in [2.05, 4.69) is 19.7 Å². The summed E-state index contributed by atoms with van der Waals surface area (Å²) in [4.78, 5) is 7.99. The maximum atomic E-state index is 12.6. The van der Waals surface area contributed by atoms with Crippen LogP contribution >= 0.6 is 0 Å². The molecule has 0 atom stereocenters. The molecule has 0 amide bonds. The molecular weight excluding hydrogens is 545 g/mol. The summed E-state index contributed by atoms with van der Waals surface area (Å²) in [5.74, 6) is 0.399. The lowest BCUT2D eigenvalue weighted by atomic mass is 9.98. The molecule has 8 nitrogen and oxygen atoms in total. The van der Waals surface area contributed by atoms with Gasteiger partial charge in [-0.05, 0) is 70.8 Å². The summed E-state index contributed by atoms with van der Waals surface area (Å²) in [5, 5.41) is 4.29. The first-order valence-electron chi connectivity index (χ1n) is 11.6. The fourth-order valence-electron chi connectivity index (χ4n) is 4.13. The summed E-state index contributed by atoms with van der Waals surface area (Å²) in [6.07, 6.45) is -2.08. The number of rotatable bonds is 6. The Balaban J connectivity index is 1.68. The number of benzene rings is 3. The van der Waals surface area contributed by atoms with Crippen molar-refractivity contribution in [2.75, 3.05) is 6.26 Å². The predicted octanol–water partition coefficient (Wildman–Crippen LogP) is 7.02. The average molecular weight is 565 g/mol. The lowest BCUT2D eigenvalue weighted by Crippen LogP contribution is -2.16. The maximum absolute atomic E-state index is 12.6. The molecule has 0 aliphatic heterocycles. The minimum absolute atomic E-state index is 0.154. The molecule has 5 aromatic rings. The van der Waals surface area contributed by atoms with Crippen LogP contribution in [0.4, 0.5) is 19.0 Å². The Morgan fingerprint density at radius 3 is 2.33 bits per heavy atom. The van der Waals surface area contributed by atoms with E-state index in [0.717, 1.165) is 6.26 Å². The van der Waals surface area contributed by atoms with E-state index in [0.29, 0.717) is 45.3 Å². The van der Waals surface area contributed by atoms with E-state index in [1.165, 1.54) is 35.0 Å². The number of alkyl halides is 3. The zero-order valence-electron chi connectivity index (χ0n) is 21.0. The fraction of sp³-hybridized carbons (Fsp3) is 0.107. The van der Waals surface area contributed by atoms with Gasteiger partial charge < -0.3 is 14.0 Å². The molecule has 0 unspecified atom stereocenters. The summed E-state index contributed by atoms with van der Waals surface area (Å²) >= 11 is 0. The van der Waals surface area contributed by atoms with E-state index in [-0.39, 0.29) is 16.5 Å². The van der Waals surface area contributed by atoms with Crippen molar-refractivity contribution in [3.8, 4) is 45.1 Å². The third-order valence-corrected chi connectivity index (χ3v) is 6.98. The molecule has 40 heavy (non-hydrogen) atoms. The highest BCUT2D eigenvalue weighted by Crippen LogP contribution is 2.39. The van der Waals surface area contributed by atoms with E-state index in [1.54, 1.807) is 55.6 Å². The number of hydrogen-bond donors (Lipinski definition) is 0. The van der Waals surface area contributed by atoms with Gasteiger partial charge in [0, 0.05) is 30.5 Å². The number of sulfone groups is 1. The average Bonchev–Trinajstić information content (AvgIpc) is 3.54. The highest BCUT2D eigenvalue weighted by Gasteiger charge is 2.31. The summed E-state index contributed by atoms with van der Waals surface area (Å²) in [5.41, 5.74) is 3.16. The quantitative estimate of drug-likeness (QED) is 0.206. The molecule has 0 bridgehead atoms. The molecular formula is C28H19F3N4O4S. The standard InChI is InChI=1S/C28H19F3N4O4S/c1-17-33-26(18-7-10-21(11-8-18)39-28(29,30)31)27(38-17)23-16-20(19-5-4-6-22(15-19)40(3,36)37)9-12-24(23)35-14-13-25(32-2)34-35/h4-16H,1,3H3. The first kappa shape index (κ1) is 26.7. The molecule has 0 radical (unpaired) electrons. The number of nitrogens with zero attached hydrogens (tertiary/aromatic N) is 4. The second-order valence-electron chi connectivity index (χ2n) is 8.75. The van der Waals surface area contributed by atoms with Crippen molar-refractivity contribution < 1.29 is 30.7 Å². The second kappa shape index (κ2) is 10.0. The molecule has 202 valence electrons. The van der Waals surface area contributed by atoms with Crippen LogP contribution in [0.2, 0.25) is 0 Å². The van der Waals surface area contributed by atoms with Crippen molar-refractivity contribution in [1.29, 1.82) is 0 Å². The number of halogens is 3. The minimum atomic E-state index is -4.82. The van der Waals surface area contributed by atoms with Crippen molar-refractivity contribution in [2.45, 2.75) is 18.2 Å². The van der Waals surface area contributed by atoms with Gasteiger partial charge in [0.05, 0.1) is 10.6 Å². The summed E-state index contributed by atoms with van der Waals surface area (Å²) in [7, 11) is -3.45. The van der Waals surface area contributed by atoms with Crippen molar-refractivity contribution in [1.82, 2.24) is 14.8 Å². The van der Waals surface area contributed by atoms with Crippen LogP contribution in [0.3, 0.4) is 0 Å². The van der Waals surface area contributed by atoms with Crippen LogP contribution in [0.1, 0.15) is 5.89 Å². The van der Waals surface area contributed by atoms with Crippen LogP contribution in [-0.2, 0) is 9.84 Å². The number of hydrogen-bond acceptors (Lipinski definition) is 6. The zero-order valence-corrected chi connectivity index (χ0v) is 21.8. The molecule has 3 aromatic carbocycles. The van der Waals surface area contributed by atoms with Gasteiger partial charge in [-0.15, -0.1) is 13.2 Å². The van der Waals surface area contributed by atoms with E-state index in [9.17, 15) is 21.6 Å². The van der Waals surface area contributed by atoms with Gasteiger partial charge in [-0.25, -0.2) is 13.4 Å². The van der Waals surface area contributed by atoms with Gasteiger partial charge >= 0.3 is 6.36 Å². The summed E-state index contributed by atoms with van der Waals surface area (Å²) < 4.78 is 73.7. The van der Waals surface area contributed by atoms with Gasteiger partial charge in [0.15, 0.2) is 21.5 Å². The first-order chi connectivity index (χ1) is 18.9. The molecule has 2 heterocycles. The summed E-state index contributed by atoms with van der Waals surface area (Å²) in [6, 6.07) is 18.6. The van der Waals surface area contributed by atoms with Crippen LogP contribution in [0.25, 0.3) is 44.2 Å². The predicted molar refractivity (Wildman–Crippen MR) is 141 cm³/mol. The molecule has 0 saturated heterocycles.